The van der Waals surface area contributed by atoms with Crippen LogP contribution >= 0.6 is 0 Å². The number of benzene rings is 3. The number of hydrogen-bond acceptors (Lipinski definition) is 7. The van der Waals surface area contributed by atoms with E-state index in [4.69, 9.17) is 9.73 Å². The van der Waals surface area contributed by atoms with Gasteiger partial charge in [0.1, 0.15) is 5.75 Å². The molecule has 8 heteroatoms. The third kappa shape index (κ3) is 4.56. The van der Waals surface area contributed by atoms with Crippen LogP contribution in [-0.4, -0.2) is 55.2 Å². The van der Waals surface area contributed by atoms with Crippen LogP contribution in [-0.2, 0) is 4.79 Å². The summed E-state index contributed by atoms with van der Waals surface area (Å²) in [6, 6.07) is 24.8. The lowest BCUT2D eigenvalue weighted by atomic mass is 9.97. The van der Waals surface area contributed by atoms with Crippen LogP contribution in [0.5, 0.6) is 5.75 Å². The Balaban J connectivity index is 1.51. The molecule has 0 radical (unpaired) electrons. The Labute approximate surface area is 210 Å². The van der Waals surface area contributed by atoms with Crippen LogP contribution < -0.4 is 14.5 Å². The molecule has 0 saturated carbocycles. The van der Waals surface area contributed by atoms with Crippen LogP contribution in [0.1, 0.15) is 23.6 Å². The van der Waals surface area contributed by atoms with Gasteiger partial charge in [0, 0.05) is 49.2 Å². The standard InChI is InChI=1S/C28H27N5O3/c1-36-23-9-5-7-21(17-23)31-12-14-32(15-13-31)28-30-25-11-3-2-10-24(25)26(18-27(34)35)33(28)22-8-4-6-20(16-22)19-29/h2-11,16-17,26H,12-15,18H2,1H3,(H,34,35). The highest BCUT2D eigenvalue weighted by Gasteiger charge is 2.36. The SMILES string of the molecule is COc1cccc(N2CCN(C3=Nc4ccccc4C(CC(=O)O)N3c3cccc(C#N)c3)CC2)c1. The van der Waals surface area contributed by atoms with Crippen molar-refractivity contribution in [3.05, 3.63) is 83.9 Å². The molecule has 1 N–H and O–H groups in total. The van der Waals surface area contributed by atoms with Gasteiger partial charge >= 0.3 is 5.97 Å². The maximum Gasteiger partial charge on any atom is 0.305 e. The fraction of sp³-hybridized carbons (Fsp3) is 0.250. The molecule has 2 aliphatic heterocycles. The number of ether oxygens (including phenoxy) is 1. The van der Waals surface area contributed by atoms with E-state index >= 15 is 0 Å². The Morgan fingerprint density at radius 2 is 1.72 bits per heavy atom. The first-order chi connectivity index (χ1) is 17.6. The number of carboxylic acids is 1. The zero-order valence-corrected chi connectivity index (χ0v) is 20.0. The molecule has 0 amide bonds. The highest BCUT2D eigenvalue weighted by atomic mass is 16.5. The molecule has 3 aromatic carbocycles. The summed E-state index contributed by atoms with van der Waals surface area (Å²) in [5.74, 6) is 0.643. The van der Waals surface area contributed by atoms with Crippen molar-refractivity contribution in [2.24, 2.45) is 4.99 Å². The van der Waals surface area contributed by atoms with Gasteiger partial charge in [0.25, 0.3) is 0 Å². The van der Waals surface area contributed by atoms with E-state index in [0.29, 0.717) is 24.6 Å². The summed E-state index contributed by atoms with van der Waals surface area (Å²) >= 11 is 0. The molecular formula is C28H27N5O3. The zero-order valence-electron chi connectivity index (χ0n) is 20.0. The van der Waals surface area contributed by atoms with E-state index < -0.39 is 12.0 Å². The van der Waals surface area contributed by atoms with Crippen molar-refractivity contribution < 1.29 is 14.6 Å². The van der Waals surface area contributed by atoms with Gasteiger partial charge in [-0.25, -0.2) is 4.99 Å². The van der Waals surface area contributed by atoms with Crippen LogP contribution in [0, 0.1) is 11.3 Å². The number of para-hydroxylation sites is 1. The number of guanidine groups is 1. The first-order valence-corrected chi connectivity index (χ1v) is 11.9. The van der Waals surface area contributed by atoms with E-state index in [0.717, 1.165) is 41.5 Å². The van der Waals surface area contributed by atoms with Crippen LogP contribution in [0.25, 0.3) is 0 Å². The number of aliphatic imine (C=N–C) groups is 1. The van der Waals surface area contributed by atoms with Gasteiger partial charge in [0.2, 0.25) is 5.96 Å². The number of rotatable bonds is 5. The summed E-state index contributed by atoms with van der Waals surface area (Å²) in [7, 11) is 1.67. The van der Waals surface area contributed by atoms with Crippen molar-refractivity contribution >= 4 is 29.0 Å². The van der Waals surface area contributed by atoms with E-state index in [1.54, 1.807) is 19.2 Å². The molecule has 1 saturated heterocycles. The molecule has 0 spiro atoms. The van der Waals surface area contributed by atoms with Crippen molar-refractivity contribution in [1.82, 2.24) is 4.90 Å². The smallest absolute Gasteiger partial charge is 0.305 e. The predicted octanol–water partition coefficient (Wildman–Crippen LogP) is 4.41. The predicted molar refractivity (Wildman–Crippen MR) is 139 cm³/mol. The van der Waals surface area contributed by atoms with Crippen molar-refractivity contribution in [3.63, 3.8) is 0 Å². The quantitative estimate of drug-likeness (QED) is 0.577. The van der Waals surface area contributed by atoms with Gasteiger partial charge in [-0.1, -0.05) is 30.3 Å². The number of nitrogens with zero attached hydrogens (tertiary/aromatic N) is 5. The lowest BCUT2D eigenvalue weighted by Gasteiger charge is -2.45. The number of hydrogen-bond donors (Lipinski definition) is 1. The number of methoxy groups -OCH3 is 1. The van der Waals surface area contributed by atoms with Gasteiger partial charge < -0.3 is 24.5 Å². The Kier molecular flexibility index (Phi) is 6.46. The average molecular weight is 482 g/mol. The van der Waals surface area contributed by atoms with Crippen molar-refractivity contribution in [3.8, 4) is 11.8 Å². The number of carbonyl (C=O) groups is 1. The number of piperazine rings is 1. The zero-order chi connectivity index (χ0) is 25.1. The van der Waals surface area contributed by atoms with Gasteiger partial charge in [0.15, 0.2) is 0 Å². The average Bonchev–Trinajstić information content (AvgIpc) is 2.92. The third-order valence-electron chi connectivity index (χ3n) is 6.65. The molecule has 5 rings (SSSR count). The van der Waals surface area contributed by atoms with E-state index in [1.165, 1.54) is 0 Å². The maximum atomic E-state index is 12.0. The number of aliphatic carboxylic acids is 1. The summed E-state index contributed by atoms with van der Waals surface area (Å²) < 4.78 is 5.39. The van der Waals surface area contributed by atoms with E-state index in [-0.39, 0.29) is 6.42 Å². The first kappa shape index (κ1) is 23.2. The summed E-state index contributed by atoms with van der Waals surface area (Å²) in [4.78, 5) is 23.5. The Morgan fingerprint density at radius 1 is 1.00 bits per heavy atom. The van der Waals surface area contributed by atoms with Crippen LogP contribution in [0.15, 0.2) is 77.8 Å². The molecule has 0 aliphatic carbocycles. The summed E-state index contributed by atoms with van der Waals surface area (Å²) in [5.41, 5.74) is 4.02. The van der Waals surface area contributed by atoms with E-state index in [9.17, 15) is 15.2 Å². The molecular weight excluding hydrogens is 454 g/mol. The molecule has 1 atom stereocenters. The number of carboxylic acid groups (broad SMARTS) is 1. The fourth-order valence-corrected chi connectivity index (χ4v) is 4.89. The second-order valence-corrected chi connectivity index (χ2v) is 8.79. The second kappa shape index (κ2) is 10.0. The molecule has 1 fully saturated rings. The Hall–Kier alpha value is -4.51. The molecule has 1 unspecified atom stereocenters. The minimum Gasteiger partial charge on any atom is -0.497 e. The van der Waals surface area contributed by atoms with E-state index in [1.807, 2.05) is 59.5 Å². The minimum absolute atomic E-state index is 0.0867. The van der Waals surface area contributed by atoms with Crippen molar-refractivity contribution in [2.75, 3.05) is 43.1 Å². The van der Waals surface area contributed by atoms with Gasteiger partial charge in [-0.05, 0) is 36.4 Å². The normalized spacial score (nSPS) is 17.2. The molecule has 0 bridgehead atoms. The topological polar surface area (TPSA) is 92.4 Å². The number of nitriles is 1. The Bertz CT molecular complexity index is 1340. The number of anilines is 2. The molecule has 2 aliphatic rings. The molecule has 36 heavy (non-hydrogen) atoms. The Morgan fingerprint density at radius 3 is 2.47 bits per heavy atom. The molecule has 8 nitrogen and oxygen atoms in total. The van der Waals surface area contributed by atoms with Gasteiger partial charge in [-0.15, -0.1) is 0 Å². The van der Waals surface area contributed by atoms with Crippen molar-refractivity contribution in [1.29, 1.82) is 5.26 Å². The molecule has 2 heterocycles. The fourth-order valence-electron chi connectivity index (χ4n) is 4.89. The van der Waals surface area contributed by atoms with Crippen LogP contribution in [0.2, 0.25) is 0 Å². The lowest BCUT2D eigenvalue weighted by molar-refractivity contribution is -0.137. The largest absolute Gasteiger partial charge is 0.497 e. The molecule has 182 valence electrons. The lowest BCUT2D eigenvalue weighted by Crippen LogP contribution is -2.55. The van der Waals surface area contributed by atoms with Gasteiger partial charge in [0.05, 0.1) is 36.9 Å². The summed E-state index contributed by atoms with van der Waals surface area (Å²) in [5, 5.41) is 19.3. The highest BCUT2D eigenvalue weighted by Crippen LogP contribution is 2.40. The first-order valence-electron chi connectivity index (χ1n) is 11.9. The minimum atomic E-state index is -0.889. The second-order valence-electron chi connectivity index (χ2n) is 8.79. The summed E-state index contributed by atoms with van der Waals surface area (Å²) in [6.07, 6.45) is -0.0867. The van der Waals surface area contributed by atoms with Crippen LogP contribution in [0.3, 0.4) is 0 Å². The maximum absolute atomic E-state index is 12.0. The van der Waals surface area contributed by atoms with Gasteiger partial charge in [-0.3, -0.25) is 4.79 Å². The highest BCUT2D eigenvalue weighted by molar-refractivity contribution is 6.01. The summed E-state index contributed by atoms with van der Waals surface area (Å²) in [6.45, 7) is 2.99. The van der Waals surface area contributed by atoms with Crippen molar-refractivity contribution in [2.45, 2.75) is 12.5 Å². The van der Waals surface area contributed by atoms with E-state index in [2.05, 4.69) is 21.9 Å². The third-order valence-corrected chi connectivity index (χ3v) is 6.65. The van der Waals surface area contributed by atoms with Crippen LogP contribution in [0.4, 0.5) is 17.1 Å². The monoisotopic (exact) mass is 481 g/mol. The van der Waals surface area contributed by atoms with Gasteiger partial charge in [-0.2, -0.15) is 5.26 Å². The molecule has 3 aromatic rings. The number of fused-ring (bicyclic) bond motifs is 1. The molecule has 0 aromatic heterocycles.